The molecule has 0 amide bonds. The van der Waals surface area contributed by atoms with Gasteiger partial charge in [0, 0.05) is 10.8 Å². The first-order valence-corrected chi connectivity index (χ1v) is 6.67. The molecule has 4 aromatic rings. The zero-order valence-corrected chi connectivity index (χ0v) is 11.5. The van der Waals surface area contributed by atoms with E-state index in [-0.39, 0.29) is 11.2 Å². The minimum Gasteiger partial charge on any atom is -0.281 e. The molecule has 0 unspecified atom stereocenters. The van der Waals surface area contributed by atoms with E-state index in [0.717, 1.165) is 12.1 Å². The number of nitriles is 1. The molecule has 0 aliphatic heterocycles. The second-order valence-corrected chi connectivity index (χ2v) is 5.07. The number of nitrogens with zero attached hydrogens (tertiary/aromatic N) is 4. The molecule has 0 bridgehead atoms. The third kappa shape index (κ3) is 1.85. The number of halogens is 3. The highest BCUT2D eigenvalue weighted by atomic mass is 19.4. The summed E-state index contributed by atoms with van der Waals surface area (Å²) in [5.74, 6) is 0. The van der Waals surface area contributed by atoms with Crippen LogP contribution < -0.4 is 0 Å². The molecule has 23 heavy (non-hydrogen) atoms. The molecular formula is C16H7F3N4. The maximum atomic E-state index is 13.0. The van der Waals surface area contributed by atoms with Crippen LogP contribution in [0.15, 0.2) is 42.5 Å². The van der Waals surface area contributed by atoms with Crippen molar-refractivity contribution in [1.82, 2.24) is 14.6 Å². The summed E-state index contributed by atoms with van der Waals surface area (Å²) >= 11 is 0. The molecule has 0 radical (unpaired) electrons. The van der Waals surface area contributed by atoms with Crippen molar-refractivity contribution in [2.75, 3.05) is 0 Å². The third-order valence-corrected chi connectivity index (χ3v) is 3.76. The number of alkyl halides is 3. The molecule has 0 aliphatic rings. The summed E-state index contributed by atoms with van der Waals surface area (Å²) in [6.45, 7) is 0. The summed E-state index contributed by atoms with van der Waals surface area (Å²) in [7, 11) is 0. The lowest BCUT2D eigenvalue weighted by molar-refractivity contribution is -0.137. The Morgan fingerprint density at radius 3 is 2.43 bits per heavy atom. The Morgan fingerprint density at radius 2 is 1.74 bits per heavy atom. The van der Waals surface area contributed by atoms with Gasteiger partial charge in [-0.05, 0) is 18.2 Å². The van der Waals surface area contributed by atoms with Crippen LogP contribution in [0, 0.1) is 11.3 Å². The predicted octanol–water partition coefficient (Wildman–Crippen LogP) is 3.93. The average molecular weight is 312 g/mol. The topological polar surface area (TPSA) is 54.0 Å². The van der Waals surface area contributed by atoms with Crippen LogP contribution in [0.1, 0.15) is 11.3 Å². The summed E-state index contributed by atoms with van der Waals surface area (Å²) < 4.78 is 40.4. The summed E-state index contributed by atoms with van der Waals surface area (Å²) in [6.07, 6.45) is -4.47. The monoisotopic (exact) mass is 312 g/mol. The summed E-state index contributed by atoms with van der Waals surface area (Å²) in [6, 6.07) is 12.3. The fourth-order valence-corrected chi connectivity index (χ4v) is 2.74. The van der Waals surface area contributed by atoms with Crippen molar-refractivity contribution >= 4 is 27.5 Å². The minimum atomic E-state index is -4.47. The molecule has 0 saturated carbocycles. The average Bonchev–Trinajstić information content (AvgIpc) is 2.87. The fraction of sp³-hybridized carbons (Fsp3) is 0.0625. The van der Waals surface area contributed by atoms with Gasteiger partial charge in [0.05, 0.1) is 11.1 Å². The molecule has 2 heterocycles. The fourth-order valence-electron chi connectivity index (χ4n) is 2.74. The molecule has 0 saturated heterocycles. The van der Waals surface area contributed by atoms with E-state index in [2.05, 4.69) is 16.3 Å². The Morgan fingerprint density at radius 1 is 1.00 bits per heavy atom. The molecule has 0 N–H and O–H groups in total. The standard InChI is InChI=1S/C16H7F3N4/c17-16(18,19)9-5-6-12-13(7-9)23-14(8-20)10-3-1-2-4-11(10)15(23)22-21-12/h1-7H. The zero-order chi connectivity index (χ0) is 16.2. The van der Waals surface area contributed by atoms with Crippen molar-refractivity contribution < 1.29 is 13.2 Å². The van der Waals surface area contributed by atoms with Gasteiger partial charge in [-0.25, -0.2) is 0 Å². The van der Waals surface area contributed by atoms with Gasteiger partial charge in [-0.3, -0.25) is 4.40 Å². The van der Waals surface area contributed by atoms with Crippen molar-refractivity contribution in [1.29, 1.82) is 5.26 Å². The molecule has 0 spiro atoms. The van der Waals surface area contributed by atoms with Crippen molar-refractivity contribution in [2.45, 2.75) is 6.18 Å². The predicted molar refractivity (Wildman–Crippen MR) is 77.7 cm³/mol. The SMILES string of the molecule is N#Cc1c2ccccc2c2nnc3ccc(C(F)(F)F)cc3n12. The molecule has 4 rings (SSSR count). The number of fused-ring (bicyclic) bond motifs is 5. The smallest absolute Gasteiger partial charge is 0.281 e. The number of hydrogen-bond donors (Lipinski definition) is 0. The van der Waals surface area contributed by atoms with Crippen molar-refractivity contribution in [3.8, 4) is 6.07 Å². The Balaban J connectivity index is 2.26. The largest absolute Gasteiger partial charge is 0.416 e. The number of hydrogen-bond acceptors (Lipinski definition) is 3. The lowest BCUT2D eigenvalue weighted by Crippen LogP contribution is -2.06. The lowest BCUT2D eigenvalue weighted by atomic mass is 10.2. The summed E-state index contributed by atoms with van der Waals surface area (Å²) in [4.78, 5) is 0. The maximum absolute atomic E-state index is 13.0. The molecule has 0 atom stereocenters. The van der Waals surface area contributed by atoms with Crippen LogP contribution in [0.3, 0.4) is 0 Å². The van der Waals surface area contributed by atoms with Gasteiger partial charge in [-0.15, -0.1) is 10.2 Å². The van der Waals surface area contributed by atoms with Gasteiger partial charge in [0.1, 0.15) is 17.3 Å². The first-order chi connectivity index (χ1) is 11.0. The van der Waals surface area contributed by atoms with Gasteiger partial charge >= 0.3 is 6.18 Å². The second-order valence-electron chi connectivity index (χ2n) is 5.07. The van der Waals surface area contributed by atoms with E-state index in [1.807, 2.05) is 0 Å². The van der Waals surface area contributed by atoms with E-state index in [9.17, 15) is 18.4 Å². The molecule has 4 nitrogen and oxygen atoms in total. The highest BCUT2D eigenvalue weighted by Gasteiger charge is 2.31. The van der Waals surface area contributed by atoms with Crippen LogP contribution >= 0.6 is 0 Å². The Bertz CT molecular complexity index is 1120. The quantitative estimate of drug-likeness (QED) is 0.494. The highest BCUT2D eigenvalue weighted by Crippen LogP contribution is 2.33. The second kappa shape index (κ2) is 4.43. The first-order valence-electron chi connectivity index (χ1n) is 6.67. The maximum Gasteiger partial charge on any atom is 0.416 e. The zero-order valence-electron chi connectivity index (χ0n) is 11.5. The van der Waals surface area contributed by atoms with E-state index >= 15 is 0 Å². The number of rotatable bonds is 0. The molecular weight excluding hydrogens is 305 g/mol. The minimum absolute atomic E-state index is 0.206. The Hall–Kier alpha value is -3.14. The van der Waals surface area contributed by atoms with E-state index in [4.69, 9.17) is 0 Å². The van der Waals surface area contributed by atoms with E-state index in [0.29, 0.717) is 21.9 Å². The van der Waals surface area contributed by atoms with Gasteiger partial charge in [0.25, 0.3) is 0 Å². The van der Waals surface area contributed by atoms with Crippen LogP contribution in [0.2, 0.25) is 0 Å². The van der Waals surface area contributed by atoms with Crippen LogP contribution in [-0.2, 0) is 6.18 Å². The van der Waals surface area contributed by atoms with Crippen molar-refractivity contribution in [3.05, 3.63) is 53.7 Å². The Kier molecular flexibility index (Phi) is 2.60. The molecule has 2 aromatic carbocycles. The summed E-state index contributed by atoms with van der Waals surface area (Å²) in [5, 5.41) is 18.8. The highest BCUT2D eigenvalue weighted by molar-refractivity contribution is 6.01. The molecule has 112 valence electrons. The van der Waals surface area contributed by atoms with Crippen molar-refractivity contribution in [2.24, 2.45) is 0 Å². The van der Waals surface area contributed by atoms with Crippen LogP contribution in [0.4, 0.5) is 13.2 Å². The molecule has 0 fully saturated rings. The summed E-state index contributed by atoms with van der Waals surface area (Å²) in [5.41, 5.74) is 0.319. The first kappa shape index (κ1) is 13.5. The molecule has 0 aliphatic carbocycles. The van der Waals surface area contributed by atoms with Crippen LogP contribution in [-0.4, -0.2) is 14.6 Å². The Labute approximate surface area is 127 Å². The molecule has 2 aromatic heterocycles. The van der Waals surface area contributed by atoms with Crippen LogP contribution in [0.25, 0.3) is 27.5 Å². The number of aromatic nitrogens is 3. The number of benzene rings is 2. The van der Waals surface area contributed by atoms with Gasteiger partial charge in [-0.2, -0.15) is 18.4 Å². The van der Waals surface area contributed by atoms with Gasteiger partial charge in [-0.1, -0.05) is 24.3 Å². The third-order valence-electron chi connectivity index (χ3n) is 3.76. The van der Waals surface area contributed by atoms with Crippen molar-refractivity contribution in [3.63, 3.8) is 0 Å². The normalized spacial score (nSPS) is 12.1. The van der Waals surface area contributed by atoms with Gasteiger partial charge < -0.3 is 0 Å². The van der Waals surface area contributed by atoms with Gasteiger partial charge in [0.15, 0.2) is 5.65 Å². The molecule has 7 heteroatoms. The lowest BCUT2D eigenvalue weighted by Gasteiger charge is -2.08. The van der Waals surface area contributed by atoms with E-state index < -0.39 is 11.7 Å². The van der Waals surface area contributed by atoms with Crippen LogP contribution in [0.5, 0.6) is 0 Å². The van der Waals surface area contributed by atoms with Gasteiger partial charge in [0.2, 0.25) is 0 Å². The van der Waals surface area contributed by atoms with E-state index in [1.54, 1.807) is 24.3 Å². The van der Waals surface area contributed by atoms with E-state index in [1.165, 1.54) is 10.5 Å².